The lowest BCUT2D eigenvalue weighted by Crippen LogP contribution is -2.27. The van der Waals surface area contributed by atoms with Crippen LogP contribution >= 0.6 is 59.4 Å². The number of hydrogen-bond donors (Lipinski definition) is 2. The van der Waals surface area contributed by atoms with Gasteiger partial charge < -0.3 is 10.6 Å². The van der Waals surface area contributed by atoms with E-state index < -0.39 is 0 Å². The van der Waals surface area contributed by atoms with Gasteiger partial charge in [-0.1, -0.05) is 67.0 Å². The lowest BCUT2D eigenvalue weighted by molar-refractivity contribution is 0.249. The molecule has 0 heterocycles. The van der Waals surface area contributed by atoms with Crippen molar-refractivity contribution < 1.29 is 9.59 Å². The molecule has 11 heteroatoms. The van der Waals surface area contributed by atoms with Crippen LogP contribution in [0.15, 0.2) is 18.2 Å². The van der Waals surface area contributed by atoms with Gasteiger partial charge in [-0.3, -0.25) is 0 Å². The number of nitrogens with one attached hydrogen (secondary N) is 2. The number of hydrogen-bond acceptors (Lipinski definition) is 6. The monoisotopic (exact) mass is 524 g/mol. The lowest BCUT2D eigenvalue weighted by Gasteiger charge is -2.25. The van der Waals surface area contributed by atoms with Crippen LogP contribution in [0.4, 0.5) is 21.0 Å². The second-order valence-electron chi connectivity index (χ2n) is 7.69. The SMILES string of the molecule is CC(C)SN(SC(C)C)C(=O)Nc1ccc(Cl)c(NC(=O)N(SC(C)C)SC(C)C)c1. The molecule has 1 aromatic rings. The predicted molar refractivity (Wildman–Crippen MR) is 144 cm³/mol. The topological polar surface area (TPSA) is 64.7 Å². The number of benzene rings is 1. The fraction of sp³-hybridized carbons (Fsp3) is 0.600. The minimum absolute atomic E-state index is 0.232. The van der Waals surface area contributed by atoms with Crippen LogP contribution in [0.3, 0.4) is 0 Å². The summed E-state index contributed by atoms with van der Waals surface area (Å²) in [4.78, 5) is 25.6. The third-order valence-electron chi connectivity index (χ3n) is 3.02. The second-order valence-corrected chi connectivity index (χ2v) is 14.6. The Bertz CT molecular complexity index is 715. The van der Waals surface area contributed by atoms with Crippen LogP contribution in [0.25, 0.3) is 0 Å². The molecule has 0 aromatic heterocycles. The molecule has 0 saturated heterocycles. The number of carbonyl (C=O) groups is 2. The number of amides is 4. The molecule has 0 bridgehead atoms. The summed E-state index contributed by atoms with van der Waals surface area (Å²) >= 11 is 12.1. The van der Waals surface area contributed by atoms with Crippen molar-refractivity contribution in [2.24, 2.45) is 0 Å². The summed E-state index contributed by atoms with van der Waals surface area (Å²) in [5, 5.41) is 7.20. The summed E-state index contributed by atoms with van der Waals surface area (Å²) < 4.78 is 3.29. The van der Waals surface area contributed by atoms with Crippen LogP contribution in [0.5, 0.6) is 0 Å². The molecule has 0 fully saturated rings. The highest BCUT2D eigenvalue weighted by atomic mass is 35.5. The minimum atomic E-state index is -0.268. The largest absolute Gasteiger partial charge is 0.342 e. The Morgan fingerprint density at radius 3 is 1.52 bits per heavy atom. The van der Waals surface area contributed by atoms with Gasteiger partial charge in [-0.05, 0) is 66.0 Å². The van der Waals surface area contributed by atoms with E-state index >= 15 is 0 Å². The van der Waals surface area contributed by atoms with Crippen molar-refractivity contribution in [1.82, 2.24) is 7.42 Å². The maximum Gasteiger partial charge on any atom is 0.342 e. The van der Waals surface area contributed by atoms with E-state index in [2.05, 4.69) is 10.6 Å². The molecule has 0 spiro atoms. The lowest BCUT2D eigenvalue weighted by atomic mass is 10.3. The van der Waals surface area contributed by atoms with Crippen LogP contribution < -0.4 is 10.6 Å². The van der Waals surface area contributed by atoms with Gasteiger partial charge in [-0.2, -0.15) is 0 Å². The van der Waals surface area contributed by atoms with E-state index in [1.54, 1.807) is 25.6 Å². The number of anilines is 2. The van der Waals surface area contributed by atoms with Crippen molar-refractivity contribution in [2.45, 2.75) is 76.4 Å². The van der Waals surface area contributed by atoms with Crippen LogP contribution in [-0.4, -0.2) is 40.5 Å². The number of urea groups is 2. The molecular weight excluding hydrogens is 492 g/mol. The van der Waals surface area contributed by atoms with Gasteiger partial charge in [0.25, 0.3) is 0 Å². The molecule has 0 radical (unpaired) electrons. The fourth-order valence-corrected chi connectivity index (χ4v) is 6.76. The summed E-state index contributed by atoms with van der Waals surface area (Å²) in [5.74, 6) is 0. The van der Waals surface area contributed by atoms with Gasteiger partial charge in [0.15, 0.2) is 0 Å². The summed E-state index contributed by atoms with van der Waals surface area (Å²) in [7, 11) is 0. The van der Waals surface area contributed by atoms with Crippen LogP contribution in [0.1, 0.15) is 55.4 Å². The van der Waals surface area contributed by atoms with E-state index in [4.69, 9.17) is 11.6 Å². The van der Waals surface area contributed by atoms with E-state index in [1.807, 2.05) is 55.4 Å². The molecule has 6 nitrogen and oxygen atoms in total. The highest BCUT2D eigenvalue weighted by molar-refractivity contribution is 8.13. The Balaban J connectivity index is 2.96. The molecule has 0 aliphatic carbocycles. The number of nitrogens with zero attached hydrogens (tertiary/aromatic N) is 2. The maximum atomic E-state index is 12.8. The molecule has 0 aliphatic rings. The number of rotatable bonds is 10. The van der Waals surface area contributed by atoms with Gasteiger partial charge in [0.1, 0.15) is 0 Å². The van der Waals surface area contributed by atoms with Crippen LogP contribution in [-0.2, 0) is 0 Å². The number of halogens is 1. The van der Waals surface area contributed by atoms with Crippen molar-refractivity contribution in [3.8, 4) is 0 Å². The Labute approximate surface area is 209 Å². The molecule has 31 heavy (non-hydrogen) atoms. The number of carbonyl (C=O) groups excluding carboxylic acids is 2. The predicted octanol–water partition coefficient (Wildman–Crippen LogP) is 8.23. The molecule has 1 aromatic carbocycles. The molecule has 0 unspecified atom stereocenters. The third kappa shape index (κ3) is 11.2. The summed E-state index contributed by atoms with van der Waals surface area (Å²) in [6.07, 6.45) is 0. The molecule has 1 rings (SSSR count). The van der Waals surface area contributed by atoms with Gasteiger partial charge in [0.05, 0.1) is 10.7 Å². The summed E-state index contributed by atoms with van der Waals surface area (Å²) in [6.45, 7) is 16.3. The highest BCUT2D eigenvalue weighted by Crippen LogP contribution is 2.33. The Kier molecular flexibility index (Phi) is 12.7. The third-order valence-corrected chi connectivity index (χ3v) is 7.50. The van der Waals surface area contributed by atoms with Crippen molar-refractivity contribution in [2.75, 3.05) is 10.6 Å². The first-order chi connectivity index (χ1) is 14.4. The quantitative estimate of drug-likeness (QED) is 0.300. The first kappa shape index (κ1) is 28.5. The molecule has 0 aliphatic heterocycles. The van der Waals surface area contributed by atoms with E-state index in [-0.39, 0.29) is 33.1 Å². The first-order valence-electron chi connectivity index (χ1n) is 10.1. The van der Waals surface area contributed by atoms with Crippen LogP contribution in [0, 0.1) is 0 Å². The fourth-order valence-electron chi connectivity index (χ4n) is 2.04. The second kappa shape index (κ2) is 13.9. The van der Waals surface area contributed by atoms with E-state index in [1.165, 1.54) is 47.8 Å². The molecule has 0 atom stereocenters. The zero-order valence-electron chi connectivity index (χ0n) is 19.3. The van der Waals surface area contributed by atoms with Crippen molar-refractivity contribution in [3.63, 3.8) is 0 Å². The van der Waals surface area contributed by atoms with Gasteiger partial charge >= 0.3 is 12.1 Å². The zero-order valence-corrected chi connectivity index (χ0v) is 23.3. The zero-order chi connectivity index (χ0) is 23.7. The first-order valence-corrected chi connectivity index (χ1v) is 13.8. The summed E-state index contributed by atoms with van der Waals surface area (Å²) in [6, 6.07) is 4.56. The Morgan fingerprint density at radius 2 is 1.13 bits per heavy atom. The van der Waals surface area contributed by atoms with E-state index in [9.17, 15) is 9.59 Å². The van der Waals surface area contributed by atoms with Gasteiger partial charge in [0, 0.05) is 26.7 Å². The molecule has 4 amide bonds. The average molecular weight is 525 g/mol. The van der Waals surface area contributed by atoms with E-state index in [0.29, 0.717) is 16.4 Å². The van der Waals surface area contributed by atoms with Crippen molar-refractivity contribution in [1.29, 1.82) is 0 Å². The standard InChI is InChI=1S/C20H33ClN4O2S4/c1-12(2)28-24(29-13(3)4)19(26)22-16-9-10-17(21)18(11-16)23-20(27)25(30-14(5)6)31-15(7)8/h9-15H,1-8H3,(H,22,26)(H,23,27). The van der Waals surface area contributed by atoms with Crippen LogP contribution in [0.2, 0.25) is 5.02 Å². The smallest absolute Gasteiger partial charge is 0.306 e. The van der Waals surface area contributed by atoms with Gasteiger partial charge in [-0.25, -0.2) is 17.0 Å². The van der Waals surface area contributed by atoms with Crippen molar-refractivity contribution in [3.05, 3.63) is 23.2 Å². The van der Waals surface area contributed by atoms with Gasteiger partial charge in [-0.15, -0.1) is 0 Å². The Hall–Kier alpha value is -0.550. The van der Waals surface area contributed by atoms with E-state index in [0.717, 1.165) is 0 Å². The molecular formula is C20H33ClN4O2S4. The Morgan fingerprint density at radius 1 is 0.742 bits per heavy atom. The maximum absolute atomic E-state index is 12.8. The summed E-state index contributed by atoms with van der Waals surface area (Å²) in [5.41, 5.74) is 1.01. The van der Waals surface area contributed by atoms with Crippen molar-refractivity contribution >= 4 is 82.8 Å². The highest BCUT2D eigenvalue weighted by Gasteiger charge is 2.21. The molecule has 176 valence electrons. The minimum Gasteiger partial charge on any atom is -0.306 e. The molecule has 0 saturated carbocycles. The average Bonchev–Trinajstić information content (AvgIpc) is 2.61. The normalized spacial score (nSPS) is 11.4. The van der Waals surface area contributed by atoms with Gasteiger partial charge in [0.2, 0.25) is 0 Å². The molecule has 2 N–H and O–H groups in total.